The highest BCUT2D eigenvalue weighted by Crippen LogP contribution is 2.37. The van der Waals surface area contributed by atoms with Crippen molar-refractivity contribution >= 4 is 17.7 Å². The number of rotatable bonds is 6. The number of amides is 3. The van der Waals surface area contributed by atoms with E-state index in [-0.39, 0.29) is 23.8 Å². The number of carbonyl (C=O) groups is 3. The summed E-state index contributed by atoms with van der Waals surface area (Å²) < 4.78 is 28.6. The van der Waals surface area contributed by atoms with Crippen LogP contribution in [0.15, 0.2) is 24.3 Å². The molecule has 6 nitrogen and oxygen atoms in total. The normalized spacial score (nSPS) is 25.2. The Morgan fingerprint density at radius 2 is 1.89 bits per heavy atom. The minimum atomic E-state index is -2.95. The Morgan fingerprint density at radius 1 is 1.26 bits per heavy atom. The zero-order chi connectivity index (χ0) is 19.6. The summed E-state index contributed by atoms with van der Waals surface area (Å²) in [5.41, 5.74) is -0.675. The molecule has 1 heterocycles. The number of nitrogens with one attached hydrogen (secondary N) is 1. The van der Waals surface area contributed by atoms with Crippen LogP contribution < -0.4 is 10.1 Å². The Kier molecular flexibility index (Phi) is 5.43. The van der Waals surface area contributed by atoms with E-state index in [1.54, 1.807) is 0 Å². The fourth-order valence-corrected chi connectivity index (χ4v) is 3.79. The number of Topliss-reactive ketones (excluding diaryl/α,β-unsaturated/α-hetero) is 1. The van der Waals surface area contributed by atoms with Crippen LogP contribution in [-0.4, -0.2) is 41.3 Å². The topological polar surface area (TPSA) is 75.7 Å². The summed E-state index contributed by atoms with van der Waals surface area (Å²) in [6, 6.07) is 4.61. The van der Waals surface area contributed by atoms with Crippen molar-refractivity contribution in [3.05, 3.63) is 29.8 Å². The maximum absolute atomic E-state index is 12.8. The van der Waals surface area contributed by atoms with Gasteiger partial charge in [0.1, 0.15) is 11.3 Å². The van der Waals surface area contributed by atoms with E-state index in [0.29, 0.717) is 18.8 Å². The fourth-order valence-electron chi connectivity index (χ4n) is 3.79. The van der Waals surface area contributed by atoms with Gasteiger partial charge in [0.15, 0.2) is 5.78 Å². The Hall–Kier alpha value is -2.51. The molecule has 27 heavy (non-hydrogen) atoms. The molecule has 3 rings (SSSR count). The number of ketones is 1. The molecule has 0 atom stereocenters. The minimum Gasteiger partial charge on any atom is -0.435 e. The first-order chi connectivity index (χ1) is 12.8. The van der Waals surface area contributed by atoms with Gasteiger partial charge >= 0.3 is 12.6 Å². The lowest BCUT2D eigenvalue weighted by molar-refractivity contribution is -0.132. The number of hydrogen-bond acceptors (Lipinski definition) is 4. The molecule has 1 aliphatic carbocycles. The molecule has 0 bridgehead atoms. The molecular weight excluding hydrogens is 358 g/mol. The number of nitrogens with zero attached hydrogens (tertiary/aromatic N) is 1. The molecule has 1 aliphatic heterocycles. The molecule has 1 saturated carbocycles. The number of urea groups is 1. The first-order valence-corrected chi connectivity index (χ1v) is 9.07. The fraction of sp³-hybridized carbons (Fsp3) is 0.526. The first kappa shape index (κ1) is 19.3. The van der Waals surface area contributed by atoms with Crippen molar-refractivity contribution < 1.29 is 27.9 Å². The van der Waals surface area contributed by atoms with E-state index in [9.17, 15) is 23.2 Å². The molecule has 1 spiro atoms. The number of imide groups is 1. The highest BCUT2D eigenvalue weighted by atomic mass is 19.3. The Labute approximate surface area is 155 Å². The predicted molar refractivity (Wildman–Crippen MR) is 92.6 cm³/mol. The van der Waals surface area contributed by atoms with Crippen LogP contribution in [0, 0.1) is 5.92 Å². The van der Waals surface area contributed by atoms with E-state index in [1.807, 2.05) is 0 Å². The van der Waals surface area contributed by atoms with Crippen molar-refractivity contribution in [1.82, 2.24) is 10.2 Å². The predicted octanol–water partition coefficient (Wildman–Crippen LogP) is 3.36. The van der Waals surface area contributed by atoms with Crippen molar-refractivity contribution in [2.75, 3.05) is 6.54 Å². The van der Waals surface area contributed by atoms with Crippen LogP contribution in [0.1, 0.15) is 49.4 Å². The van der Waals surface area contributed by atoms with Crippen LogP contribution in [0.25, 0.3) is 0 Å². The summed E-state index contributed by atoms with van der Waals surface area (Å²) in [5.74, 6) is -0.303. The summed E-state index contributed by atoms with van der Waals surface area (Å²) in [4.78, 5) is 38.5. The maximum atomic E-state index is 12.8. The molecule has 2 fully saturated rings. The van der Waals surface area contributed by atoms with Crippen molar-refractivity contribution in [2.45, 2.75) is 51.2 Å². The van der Waals surface area contributed by atoms with Crippen LogP contribution in [0.5, 0.6) is 5.75 Å². The van der Waals surface area contributed by atoms with Gasteiger partial charge in [-0.15, -0.1) is 0 Å². The second kappa shape index (κ2) is 7.62. The van der Waals surface area contributed by atoms with Crippen molar-refractivity contribution in [2.24, 2.45) is 5.92 Å². The van der Waals surface area contributed by atoms with Crippen LogP contribution >= 0.6 is 0 Å². The number of ether oxygens (including phenoxy) is 1. The standard InChI is InChI=1S/C19H22F2N2O4/c1-2-12-7-9-19(10-8-12)16(25)23(18(26)22-19)11-15(24)13-3-5-14(6-4-13)27-17(20)21/h3-6,12,17H,2,7-11H2,1H3,(H,22,26). The number of carbonyl (C=O) groups excluding carboxylic acids is 3. The molecular formula is C19H22F2N2O4. The van der Waals surface area contributed by atoms with E-state index >= 15 is 0 Å². The number of halogens is 2. The van der Waals surface area contributed by atoms with Gasteiger partial charge < -0.3 is 10.1 Å². The SMILES string of the molecule is CCC1CCC2(CC1)NC(=O)N(CC(=O)c1ccc(OC(F)F)cc1)C2=O. The zero-order valence-corrected chi connectivity index (χ0v) is 15.0. The largest absolute Gasteiger partial charge is 0.435 e. The molecule has 0 aromatic heterocycles. The smallest absolute Gasteiger partial charge is 0.387 e. The molecule has 146 valence electrons. The van der Waals surface area contributed by atoms with Crippen LogP contribution in [0.2, 0.25) is 0 Å². The summed E-state index contributed by atoms with van der Waals surface area (Å²) in [6.07, 6.45) is 3.96. The average Bonchev–Trinajstić information content (AvgIpc) is 2.86. The summed E-state index contributed by atoms with van der Waals surface area (Å²) in [6.45, 7) is -1.21. The first-order valence-electron chi connectivity index (χ1n) is 9.07. The highest BCUT2D eigenvalue weighted by molar-refractivity contribution is 6.11. The molecule has 0 unspecified atom stereocenters. The van der Waals surface area contributed by atoms with Crippen LogP contribution in [0.3, 0.4) is 0 Å². The lowest BCUT2D eigenvalue weighted by Gasteiger charge is -2.34. The van der Waals surface area contributed by atoms with Crippen LogP contribution in [-0.2, 0) is 4.79 Å². The molecule has 1 N–H and O–H groups in total. The molecule has 0 radical (unpaired) electrons. The summed E-state index contributed by atoms with van der Waals surface area (Å²) >= 11 is 0. The number of alkyl halides is 2. The highest BCUT2D eigenvalue weighted by Gasteiger charge is 2.52. The monoisotopic (exact) mass is 380 g/mol. The van der Waals surface area contributed by atoms with Crippen molar-refractivity contribution in [3.63, 3.8) is 0 Å². The van der Waals surface area contributed by atoms with Gasteiger partial charge in [-0.25, -0.2) is 4.79 Å². The molecule has 1 aromatic carbocycles. The van der Waals surface area contributed by atoms with Gasteiger partial charge in [-0.3, -0.25) is 14.5 Å². The molecule has 1 aromatic rings. The third kappa shape index (κ3) is 3.94. The molecule has 3 amide bonds. The third-order valence-corrected chi connectivity index (χ3v) is 5.49. The molecule has 1 saturated heterocycles. The summed E-state index contributed by atoms with van der Waals surface area (Å²) in [7, 11) is 0. The third-order valence-electron chi connectivity index (χ3n) is 5.49. The van der Waals surface area contributed by atoms with Gasteiger partial charge in [-0.1, -0.05) is 13.3 Å². The number of benzene rings is 1. The maximum Gasteiger partial charge on any atom is 0.387 e. The van der Waals surface area contributed by atoms with Gasteiger partial charge in [-0.2, -0.15) is 8.78 Å². The van der Waals surface area contributed by atoms with Gasteiger partial charge in [0.05, 0.1) is 6.54 Å². The molecule has 8 heteroatoms. The van der Waals surface area contributed by atoms with Gasteiger partial charge in [0.2, 0.25) is 0 Å². The van der Waals surface area contributed by atoms with E-state index in [4.69, 9.17) is 0 Å². The van der Waals surface area contributed by atoms with Gasteiger partial charge in [-0.05, 0) is 55.9 Å². The zero-order valence-electron chi connectivity index (χ0n) is 15.0. The Morgan fingerprint density at radius 3 is 2.44 bits per heavy atom. The Balaban J connectivity index is 1.66. The molecule has 2 aliphatic rings. The summed E-state index contributed by atoms with van der Waals surface area (Å²) in [5, 5.41) is 2.78. The second-order valence-corrected chi connectivity index (χ2v) is 7.08. The van der Waals surface area contributed by atoms with E-state index in [0.717, 1.165) is 24.2 Å². The van der Waals surface area contributed by atoms with E-state index < -0.39 is 24.0 Å². The second-order valence-electron chi connectivity index (χ2n) is 7.08. The lowest BCUT2D eigenvalue weighted by atomic mass is 9.75. The lowest BCUT2D eigenvalue weighted by Crippen LogP contribution is -2.49. The van der Waals surface area contributed by atoms with Crippen molar-refractivity contribution in [3.8, 4) is 5.75 Å². The van der Waals surface area contributed by atoms with Gasteiger partial charge in [0, 0.05) is 5.56 Å². The van der Waals surface area contributed by atoms with Crippen molar-refractivity contribution in [1.29, 1.82) is 0 Å². The quantitative estimate of drug-likeness (QED) is 0.607. The average molecular weight is 380 g/mol. The van der Waals surface area contributed by atoms with Crippen LogP contribution in [0.4, 0.5) is 13.6 Å². The van der Waals surface area contributed by atoms with E-state index in [1.165, 1.54) is 24.3 Å². The number of hydrogen-bond donors (Lipinski definition) is 1. The minimum absolute atomic E-state index is 0.0665. The van der Waals surface area contributed by atoms with Gasteiger partial charge in [0.25, 0.3) is 5.91 Å². The van der Waals surface area contributed by atoms with E-state index in [2.05, 4.69) is 17.0 Å². The Bertz CT molecular complexity index is 728.